The summed E-state index contributed by atoms with van der Waals surface area (Å²) in [5.74, 6) is 2.40. The van der Waals surface area contributed by atoms with Crippen molar-refractivity contribution in [3.05, 3.63) is 83.6 Å². The van der Waals surface area contributed by atoms with Crippen molar-refractivity contribution in [2.24, 2.45) is 0 Å². The number of methoxy groups -OCH3 is 2. The molecule has 3 aromatic carbocycles. The van der Waals surface area contributed by atoms with Crippen molar-refractivity contribution in [2.45, 2.75) is 33.3 Å². The lowest BCUT2D eigenvalue weighted by Gasteiger charge is -2.16. The third-order valence-electron chi connectivity index (χ3n) is 5.83. The number of hydrogen-bond acceptors (Lipinski definition) is 4. The molecule has 4 heteroatoms. The van der Waals surface area contributed by atoms with E-state index in [0.717, 1.165) is 52.1 Å². The largest absolute Gasteiger partial charge is 0.497 e. The number of aromatic nitrogens is 1. The highest BCUT2D eigenvalue weighted by Gasteiger charge is 2.14. The Morgan fingerprint density at radius 2 is 1.41 bits per heavy atom. The normalized spacial score (nSPS) is 10.9. The Morgan fingerprint density at radius 1 is 0.719 bits per heavy atom. The molecule has 0 bridgehead atoms. The zero-order chi connectivity index (χ0) is 22.5. The maximum atomic E-state index is 6.09. The van der Waals surface area contributed by atoms with Gasteiger partial charge in [0.1, 0.15) is 23.9 Å². The van der Waals surface area contributed by atoms with Crippen LogP contribution in [0.5, 0.6) is 17.2 Å². The van der Waals surface area contributed by atoms with Crippen LogP contribution in [0.25, 0.3) is 22.0 Å². The van der Waals surface area contributed by atoms with Gasteiger partial charge in [0, 0.05) is 23.4 Å². The Balaban J connectivity index is 1.60. The van der Waals surface area contributed by atoms with Gasteiger partial charge in [0.2, 0.25) is 0 Å². The van der Waals surface area contributed by atoms with E-state index in [9.17, 15) is 0 Å². The molecule has 0 aliphatic heterocycles. The van der Waals surface area contributed by atoms with Crippen LogP contribution >= 0.6 is 0 Å². The lowest BCUT2D eigenvalue weighted by Crippen LogP contribution is -2.02. The van der Waals surface area contributed by atoms with Gasteiger partial charge in [0.05, 0.1) is 19.9 Å². The number of aryl methyl sites for hydroxylation is 2. The summed E-state index contributed by atoms with van der Waals surface area (Å²) in [5, 5.41) is 2.22. The summed E-state index contributed by atoms with van der Waals surface area (Å²) in [5.41, 5.74) is 5.67. The highest BCUT2D eigenvalue weighted by Crippen LogP contribution is 2.32. The zero-order valence-corrected chi connectivity index (χ0v) is 19.1. The minimum atomic E-state index is 0.377. The van der Waals surface area contributed by atoms with Crippen molar-refractivity contribution in [2.75, 3.05) is 14.2 Å². The van der Waals surface area contributed by atoms with Gasteiger partial charge in [-0.05, 0) is 59.0 Å². The smallest absolute Gasteiger partial charge is 0.129 e. The molecule has 164 valence electrons. The Bertz CT molecular complexity index is 1210. The van der Waals surface area contributed by atoms with Crippen LogP contribution in [-0.2, 0) is 19.4 Å². The molecule has 4 aromatic rings. The van der Waals surface area contributed by atoms with Gasteiger partial charge < -0.3 is 14.2 Å². The van der Waals surface area contributed by atoms with Crippen LogP contribution in [0.1, 0.15) is 30.5 Å². The molecular weight excluding hydrogens is 398 g/mol. The molecule has 0 aliphatic rings. The highest BCUT2D eigenvalue weighted by atomic mass is 16.5. The van der Waals surface area contributed by atoms with Crippen molar-refractivity contribution < 1.29 is 14.2 Å². The van der Waals surface area contributed by atoms with Gasteiger partial charge in [-0.15, -0.1) is 0 Å². The van der Waals surface area contributed by atoms with Gasteiger partial charge in [-0.2, -0.15) is 0 Å². The average Bonchev–Trinajstić information content (AvgIpc) is 2.86. The van der Waals surface area contributed by atoms with Crippen molar-refractivity contribution in [1.82, 2.24) is 4.98 Å². The molecule has 0 unspecified atom stereocenters. The lowest BCUT2D eigenvalue weighted by atomic mass is 9.94. The second-order valence-electron chi connectivity index (χ2n) is 7.70. The molecule has 4 rings (SSSR count). The number of rotatable bonds is 8. The fourth-order valence-corrected chi connectivity index (χ4v) is 4.05. The second-order valence-corrected chi connectivity index (χ2v) is 7.70. The minimum absolute atomic E-state index is 0.377. The summed E-state index contributed by atoms with van der Waals surface area (Å²) < 4.78 is 17.1. The molecule has 1 aromatic heterocycles. The number of fused-ring (bicyclic) bond motifs is 1. The average molecular weight is 428 g/mol. The minimum Gasteiger partial charge on any atom is -0.497 e. The number of benzene rings is 3. The van der Waals surface area contributed by atoms with Crippen LogP contribution in [0.4, 0.5) is 0 Å². The van der Waals surface area contributed by atoms with Gasteiger partial charge in [-0.25, -0.2) is 0 Å². The monoisotopic (exact) mass is 427 g/mol. The quantitative estimate of drug-likeness (QED) is 0.317. The van der Waals surface area contributed by atoms with Crippen LogP contribution in [-0.4, -0.2) is 19.2 Å². The van der Waals surface area contributed by atoms with Gasteiger partial charge in [-0.1, -0.05) is 44.2 Å². The molecule has 0 amide bonds. The van der Waals surface area contributed by atoms with Crippen molar-refractivity contribution in [1.29, 1.82) is 0 Å². The van der Waals surface area contributed by atoms with E-state index in [-0.39, 0.29) is 0 Å². The number of ether oxygens (including phenoxy) is 3. The van der Waals surface area contributed by atoms with Crippen LogP contribution < -0.4 is 14.2 Å². The topological polar surface area (TPSA) is 40.6 Å². The number of pyridine rings is 1. The van der Waals surface area contributed by atoms with Crippen molar-refractivity contribution in [3.8, 4) is 28.5 Å². The standard InChI is InChI=1S/C28H29NO3/c1-5-19-8-7-9-20(6-2)28(19)26-16-27(31-4)23(17-29-26)18-32-25-13-11-21-10-12-24(30-3)14-22(21)15-25/h7-17H,5-6,18H2,1-4H3. The van der Waals surface area contributed by atoms with Crippen LogP contribution in [0.15, 0.2) is 66.9 Å². The van der Waals surface area contributed by atoms with E-state index in [0.29, 0.717) is 6.61 Å². The summed E-state index contributed by atoms with van der Waals surface area (Å²) in [7, 11) is 3.37. The van der Waals surface area contributed by atoms with E-state index < -0.39 is 0 Å². The SMILES string of the molecule is CCc1cccc(CC)c1-c1cc(OC)c(COc2ccc3ccc(OC)cc3c2)cn1. The molecule has 0 saturated heterocycles. The van der Waals surface area contributed by atoms with Crippen LogP contribution in [0.3, 0.4) is 0 Å². The summed E-state index contributed by atoms with van der Waals surface area (Å²) in [6.07, 6.45) is 3.79. The molecule has 0 spiro atoms. The van der Waals surface area contributed by atoms with E-state index >= 15 is 0 Å². The molecule has 0 fully saturated rings. The second kappa shape index (κ2) is 9.73. The molecule has 4 nitrogen and oxygen atoms in total. The summed E-state index contributed by atoms with van der Waals surface area (Å²) >= 11 is 0. The molecule has 1 heterocycles. The Labute approximate surface area is 189 Å². The summed E-state index contributed by atoms with van der Waals surface area (Å²) in [6, 6.07) is 20.6. The molecule has 0 aliphatic carbocycles. The van der Waals surface area contributed by atoms with Crippen molar-refractivity contribution in [3.63, 3.8) is 0 Å². The Kier molecular flexibility index (Phi) is 6.60. The van der Waals surface area contributed by atoms with Gasteiger partial charge >= 0.3 is 0 Å². The van der Waals surface area contributed by atoms with E-state index in [2.05, 4.69) is 38.1 Å². The molecule has 32 heavy (non-hydrogen) atoms. The first-order valence-corrected chi connectivity index (χ1v) is 11.0. The first-order valence-electron chi connectivity index (χ1n) is 11.0. The Hall–Kier alpha value is -3.53. The van der Waals surface area contributed by atoms with Gasteiger partial charge in [0.25, 0.3) is 0 Å². The van der Waals surface area contributed by atoms with Gasteiger partial charge in [-0.3, -0.25) is 4.98 Å². The fourth-order valence-electron chi connectivity index (χ4n) is 4.05. The molecular formula is C28H29NO3. The third-order valence-corrected chi connectivity index (χ3v) is 5.83. The predicted octanol–water partition coefficient (Wildman–Crippen LogP) is 6.62. The van der Waals surface area contributed by atoms with Crippen LogP contribution in [0.2, 0.25) is 0 Å². The molecule has 0 N–H and O–H groups in total. The predicted molar refractivity (Wildman–Crippen MR) is 130 cm³/mol. The fraction of sp³-hybridized carbons (Fsp3) is 0.250. The van der Waals surface area contributed by atoms with E-state index in [4.69, 9.17) is 19.2 Å². The summed E-state index contributed by atoms with van der Waals surface area (Å²) in [6.45, 7) is 4.73. The maximum Gasteiger partial charge on any atom is 0.129 e. The van der Waals surface area contributed by atoms with E-state index in [1.54, 1.807) is 14.2 Å². The molecule has 0 atom stereocenters. The number of hydrogen-bond donors (Lipinski definition) is 0. The lowest BCUT2D eigenvalue weighted by molar-refractivity contribution is 0.296. The third kappa shape index (κ3) is 4.40. The first-order chi connectivity index (χ1) is 15.7. The maximum absolute atomic E-state index is 6.09. The van der Waals surface area contributed by atoms with Crippen molar-refractivity contribution >= 4 is 10.8 Å². The van der Waals surface area contributed by atoms with Crippen LogP contribution in [0, 0.1) is 0 Å². The summed E-state index contributed by atoms with van der Waals surface area (Å²) in [4.78, 5) is 4.78. The van der Waals surface area contributed by atoms with E-state index in [1.165, 1.54) is 16.7 Å². The molecule has 0 radical (unpaired) electrons. The molecule has 0 saturated carbocycles. The zero-order valence-electron chi connectivity index (χ0n) is 19.1. The highest BCUT2D eigenvalue weighted by molar-refractivity contribution is 5.85. The van der Waals surface area contributed by atoms with Gasteiger partial charge in [0.15, 0.2) is 0 Å². The van der Waals surface area contributed by atoms with E-state index in [1.807, 2.05) is 42.6 Å². The Morgan fingerprint density at radius 3 is 2.06 bits per heavy atom. The first kappa shape index (κ1) is 21.7. The number of nitrogens with zero attached hydrogens (tertiary/aromatic N) is 1.